The quantitative estimate of drug-likeness (QED) is 0.864. The lowest BCUT2D eigenvalue weighted by Gasteiger charge is -2.15. The fourth-order valence-electron chi connectivity index (χ4n) is 2.64. The molecule has 0 saturated carbocycles. The first-order chi connectivity index (χ1) is 10.1. The second kappa shape index (κ2) is 5.05. The van der Waals surface area contributed by atoms with Crippen molar-refractivity contribution in [2.75, 3.05) is 13.1 Å². The standard InChI is InChI=1S/C15H14N2O4/c18-13-11-4-2-1-3-9(11)7-12(16-13)14(19)17-6-5-10(8-17)15(20)21/h1-4,7,10H,5-6,8H2,(H,16,18)(H,20,21)/t10-/m1/s1. The summed E-state index contributed by atoms with van der Waals surface area (Å²) in [7, 11) is 0. The van der Waals surface area contributed by atoms with Gasteiger partial charge < -0.3 is 15.0 Å². The minimum absolute atomic E-state index is 0.184. The van der Waals surface area contributed by atoms with Crippen molar-refractivity contribution in [3.63, 3.8) is 0 Å². The molecule has 1 amide bonds. The molecule has 1 saturated heterocycles. The van der Waals surface area contributed by atoms with Crippen molar-refractivity contribution < 1.29 is 14.7 Å². The highest BCUT2D eigenvalue weighted by atomic mass is 16.4. The Morgan fingerprint density at radius 3 is 2.76 bits per heavy atom. The first-order valence-electron chi connectivity index (χ1n) is 6.70. The van der Waals surface area contributed by atoms with Crippen molar-refractivity contribution in [1.82, 2.24) is 9.88 Å². The van der Waals surface area contributed by atoms with Crippen LogP contribution in [0.15, 0.2) is 35.1 Å². The predicted molar refractivity (Wildman–Crippen MR) is 76.2 cm³/mol. The van der Waals surface area contributed by atoms with E-state index in [-0.39, 0.29) is 23.7 Å². The number of nitrogens with zero attached hydrogens (tertiary/aromatic N) is 1. The molecule has 0 unspecified atom stereocenters. The molecule has 2 heterocycles. The van der Waals surface area contributed by atoms with Gasteiger partial charge in [0.05, 0.1) is 5.92 Å². The Morgan fingerprint density at radius 1 is 1.29 bits per heavy atom. The van der Waals surface area contributed by atoms with Gasteiger partial charge in [-0.2, -0.15) is 0 Å². The number of carbonyl (C=O) groups is 2. The molecule has 1 atom stereocenters. The summed E-state index contributed by atoms with van der Waals surface area (Å²) in [5.74, 6) is -1.75. The van der Waals surface area contributed by atoms with Gasteiger partial charge >= 0.3 is 5.97 Å². The van der Waals surface area contributed by atoms with Gasteiger partial charge in [0, 0.05) is 18.5 Å². The Bertz CT molecular complexity index is 781. The molecule has 1 aliphatic rings. The lowest BCUT2D eigenvalue weighted by atomic mass is 10.1. The molecule has 21 heavy (non-hydrogen) atoms. The van der Waals surface area contributed by atoms with Gasteiger partial charge in [0.25, 0.3) is 11.5 Å². The molecule has 1 aromatic carbocycles. The van der Waals surface area contributed by atoms with Gasteiger partial charge in [-0.05, 0) is 23.9 Å². The first-order valence-corrected chi connectivity index (χ1v) is 6.70. The van der Waals surface area contributed by atoms with Crippen molar-refractivity contribution in [3.8, 4) is 0 Å². The summed E-state index contributed by atoms with van der Waals surface area (Å²) in [5.41, 5.74) is -0.116. The van der Waals surface area contributed by atoms with E-state index in [9.17, 15) is 14.4 Å². The number of hydrogen-bond acceptors (Lipinski definition) is 3. The summed E-state index contributed by atoms with van der Waals surface area (Å²) in [4.78, 5) is 39.3. The topological polar surface area (TPSA) is 90.5 Å². The zero-order valence-electron chi connectivity index (χ0n) is 11.2. The molecule has 1 aromatic heterocycles. The van der Waals surface area contributed by atoms with Gasteiger partial charge in [-0.3, -0.25) is 14.4 Å². The number of pyridine rings is 1. The van der Waals surface area contributed by atoms with Gasteiger partial charge in [-0.15, -0.1) is 0 Å². The molecular weight excluding hydrogens is 272 g/mol. The SMILES string of the molecule is O=C(O)[C@@H]1CCN(C(=O)c2cc3ccccc3c(=O)[nH]2)C1. The first kappa shape index (κ1) is 13.4. The molecule has 108 valence electrons. The summed E-state index contributed by atoms with van der Waals surface area (Å²) in [6, 6.07) is 8.65. The minimum atomic E-state index is -0.891. The van der Waals surface area contributed by atoms with Crippen molar-refractivity contribution in [2.45, 2.75) is 6.42 Å². The Morgan fingerprint density at radius 2 is 2.05 bits per heavy atom. The lowest BCUT2D eigenvalue weighted by Crippen LogP contribution is -2.31. The summed E-state index contributed by atoms with van der Waals surface area (Å²) < 4.78 is 0. The van der Waals surface area contributed by atoms with Crippen LogP contribution in [-0.2, 0) is 4.79 Å². The molecule has 2 N–H and O–H groups in total. The third-order valence-electron chi connectivity index (χ3n) is 3.81. The predicted octanol–water partition coefficient (Wildman–Crippen LogP) is 1.07. The maximum Gasteiger partial charge on any atom is 0.308 e. The van der Waals surface area contributed by atoms with E-state index in [1.54, 1.807) is 30.3 Å². The molecule has 0 radical (unpaired) electrons. The maximum absolute atomic E-state index is 12.4. The minimum Gasteiger partial charge on any atom is -0.481 e. The van der Waals surface area contributed by atoms with E-state index in [1.165, 1.54) is 4.90 Å². The fourth-order valence-corrected chi connectivity index (χ4v) is 2.64. The van der Waals surface area contributed by atoms with Crippen LogP contribution in [0.5, 0.6) is 0 Å². The number of carbonyl (C=O) groups excluding carboxylic acids is 1. The number of nitrogens with one attached hydrogen (secondary N) is 1. The molecule has 6 heteroatoms. The molecular formula is C15H14N2O4. The number of aromatic amines is 1. The highest BCUT2D eigenvalue weighted by Gasteiger charge is 2.31. The van der Waals surface area contributed by atoms with Crippen LogP contribution >= 0.6 is 0 Å². The van der Waals surface area contributed by atoms with Crippen molar-refractivity contribution in [2.24, 2.45) is 5.92 Å². The normalized spacial score (nSPS) is 18.1. The van der Waals surface area contributed by atoms with E-state index in [1.807, 2.05) is 0 Å². The smallest absolute Gasteiger partial charge is 0.308 e. The Balaban J connectivity index is 1.92. The van der Waals surface area contributed by atoms with E-state index >= 15 is 0 Å². The second-order valence-corrected chi connectivity index (χ2v) is 5.17. The van der Waals surface area contributed by atoms with E-state index in [2.05, 4.69) is 4.98 Å². The zero-order valence-corrected chi connectivity index (χ0v) is 11.2. The average Bonchev–Trinajstić information content (AvgIpc) is 2.96. The van der Waals surface area contributed by atoms with E-state index < -0.39 is 11.9 Å². The number of aromatic nitrogens is 1. The largest absolute Gasteiger partial charge is 0.481 e. The lowest BCUT2D eigenvalue weighted by molar-refractivity contribution is -0.141. The van der Waals surface area contributed by atoms with Crippen molar-refractivity contribution >= 4 is 22.6 Å². The molecule has 6 nitrogen and oxygen atoms in total. The summed E-state index contributed by atoms with van der Waals surface area (Å²) in [6.07, 6.45) is 0.443. The number of rotatable bonds is 2. The number of aliphatic carboxylic acids is 1. The van der Waals surface area contributed by atoms with Crippen LogP contribution in [-0.4, -0.2) is 40.0 Å². The van der Waals surface area contributed by atoms with Crippen LogP contribution in [0.3, 0.4) is 0 Å². The molecule has 1 aliphatic heterocycles. The van der Waals surface area contributed by atoms with Gasteiger partial charge in [-0.1, -0.05) is 18.2 Å². The number of fused-ring (bicyclic) bond motifs is 1. The van der Waals surface area contributed by atoms with Gasteiger partial charge in [0.15, 0.2) is 0 Å². The van der Waals surface area contributed by atoms with Crippen LogP contribution in [0.2, 0.25) is 0 Å². The number of likely N-dealkylation sites (tertiary alicyclic amines) is 1. The van der Waals surface area contributed by atoms with Gasteiger partial charge in [0.2, 0.25) is 0 Å². The van der Waals surface area contributed by atoms with Crippen LogP contribution in [0, 0.1) is 5.92 Å². The Hall–Kier alpha value is -2.63. The Labute approximate surface area is 120 Å². The van der Waals surface area contributed by atoms with Crippen LogP contribution in [0.1, 0.15) is 16.9 Å². The van der Waals surface area contributed by atoms with Crippen LogP contribution in [0.25, 0.3) is 10.8 Å². The molecule has 3 rings (SSSR count). The maximum atomic E-state index is 12.4. The van der Waals surface area contributed by atoms with E-state index in [0.717, 1.165) is 0 Å². The highest BCUT2D eigenvalue weighted by molar-refractivity contribution is 5.96. The Kier molecular flexibility index (Phi) is 3.21. The summed E-state index contributed by atoms with van der Waals surface area (Å²) in [6.45, 7) is 0.577. The van der Waals surface area contributed by atoms with Crippen molar-refractivity contribution in [1.29, 1.82) is 0 Å². The third-order valence-corrected chi connectivity index (χ3v) is 3.81. The second-order valence-electron chi connectivity index (χ2n) is 5.17. The highest BCUT2D eigenvalue weighted by Crippen LogP contribution is 2.19. The third kappa shape index (κ3) is 2.40. The van der Waals surface area contributed by atoms with Crippen LogP contribution < -0.4 is 5.56 Å². The van der Waals surface area contributed by atoms with Gasteiger partial charge in [-0.25, -0.2) is 0 Å². The monoisotopic (exact) mass is 286 g/mol. The molecule has 0 spiro atoms. The van der Waals surface area contributed by atoms with Gasteiger partial charge in [0.1, 0.15) is 5.69 Å². The van der Waals surface area contributed by atoms with Crippen molar-refractivity contribution in [3.05, 3.63) is 46.4 Å². The molecule has 2 aromatic rings. The van der Waals surface area contributed by atoms with E-state index in [0.29, 0.717) is 23.7 Å². The number of hydrogen-bond donors (Lipinski definition) is 2. The number of amides is 1. The fraction of sp³-hybridized carbons (Fsp3) is 0.267. The molecule has 0 bridgehead atoms. The number of carboxylic acids is 1. The molecule has 0 aliphatic carbocycles. The van der Waals surface area contributed by atoms with E-state index in [4.69, 9.17) is 5.11 Å². The van der Waals surface area contributed by atoms with Crippen LogP contribution in [0.4, 0.5) is 0 Å². The number of H-pyrrole nitrogens is 1. The molecule has 1 fully saturated rings. The number of carboxylic acid groups (broad SMARTS) is 1. The number of benzene rings is 1. The average molecular weight is 286 g/mol. The summed E-state index contributed by atoms with van der Waals surface area (Å²) >= 11 is 0. The summed E-state index contributed by atoms with van der Waals surface area (Å²) in [5, 5.41) is 10.2. The zero-order chi connectivity index (χ0) is 15.0.